The fraction of sp³-hybridized carbons (Fsp3) is 0.0952. The van der Waals surface area contributed by atoms with Gasteiger partial charge in [-0.15, -0.1) is 0 Å². The molecule has 0 saturated heterocycles. The summed E-state index contributed by atoms with van der Waals surface area (Å²) < 4.78 is 7.26. The Morgan fingerprint density at radius 3 is 0.925 bits per heavy atom. The van der Waals surface area contributed by atoms with Crippen LogP contribution in [0.5, 0.6) is 0 Å². The van der Waals surface area contributed by atoms with Crippen molar-refractivity contribution in [2.45, 2.75) is 86.8 Å². The Kier molecular flexibility index (Phi) is 17.6. The third kappa shape index (κ3) is 11.5. The molecule has 0 saturated carbocycles. The Balaban J connectivity index is 0.000000105. The summed E-state index contributed by atoms with van der Waals surface area (Å²) >= 11 is 1.91. The van der Waals surface area contributed by atoms with E-state index in [1.54, 1.807) is 0 Å². The van der Waals surface area contributed by atoms with Crippen LogP contribution in [0.4, 0.5) is 68.2 Å². The van der Waals surface area contributed by atoms with E-state index in [9.17, 15) is 0 Å². The van der Waals surface area contributed by atoms with E-state index in [1.165, 1.54) is 210 Å². The van der Waals surface area contributed by atoms with Gasteiger partial charge in [0.25, 0.3) is 0 Å². The normalized spacial score (nSPS) is 14.7. The maximum Gasteiger partial charge on any atom is 0.0785 e. The molecule has 19 aromatic carbocycles. The Morgan fingerprint density at radius 1 is 0.187 bits per heavy atom. The first kappa shape index (κ1) is 79.1. The summed E-state index contributed by atoms with van der Waals surface area (Å²) in [5.41, 5.74) is 44.0. The summed E-state index contributed by atoms with van der Waals surface area (Å²) in [5, 5.41) is 7.65. The van der Waals surface area contributed by atoms with Crippen LogP contribution < -0.4 is 19.6 Å². The first-order valence-electron chi connectivity index (χ1n) is 46.9. The maximum absolute atomic E-state index is 2.50. The second kappa shape index (κ2) is 29.8. The molecule has 640 valence electrons. The molecule has 0 bridgehead atoms. The van der Waals surface area contributed by atoms with Gasteiger partial charge in [0.15, 0.2) is 0 Å². The van der Waals surface area contributed by atoms with Crippen molar-refractivity contribution in [1.29, 1.82) is 0 Å². The first-order chi connectivity index (χ1) is 65.6. The zero-order valence-electron chi connectivity index (χ0n) is 76.0. The number of benzene rings is 19. The summed E-state index contributed by atoms with van der Waals surface area (Å²) in [5.74, 6) is 0. The van der Waals surface area contributed by atoms with Crippen molar-refractivity contribution in [3.8, 4) is 50.4 Å². The van der Waals surface area contributed by atoms with Crippen molar-refractivity contribution in [3.63, 3.8) is 0 Å². The van der Waals surface area contributed by atoms with Crippen LogP contribution in [-0.4, -0.2) is 13.7 Å². The summed E-state index contributed by atoms with van der Waals surface area (Å²) in [6, 6.07) is 158. The molecule has 7 nitrogen and oxygen atoms in total. The number of hydrogen-bond acceptors (Lipinski definition) is 5. The van der Waals surface area contributed by atoms with Crippen LogP contribution in [0.2, 0.25) is 0 Å². The van der Waals surface area contributed by atoms with Crippen LogP contribution in [0.25, 0.3) is 116 Å². The molecule has 0 amide bonds. The number of nitrogens with zero attached hydrogens (tertiary/aromatic N) is 7. The lowest BCUT2D eigenvalue weighted by molar-refractivity contribution is 0.627. The predicted octanol–water partition coefficient (Wildman–Crippen LogP) is 34.6. The second-order valence-corrected chi connectivity index (χ2v) is 39.7. The van der Waals surface area contributed by atoms with E-state index >= 15 is 0 Å². The third-order valence-corrected chi connectivity index (χ3v) is 31.2. The maximum atomic E-state index is 2.50. The molecule has 0 N–H and O–H groups in total. The van der Waals surface area contributed by atoms with Crippen molar-refractivity contribution in [3.05, 3.63) is 475 Å². The van der Waals surface area contributed by atoms with Gasteiger partial charge in [-0.25, -0.2) is 0 Å². The summed E-state index contributed by atoms with van der Waals surface area (Å²) in [6.07, 6.45) is 0. The van der Waals surface area contributed by atoms with Crippen LogP contribution in [0.3, 0.4) is 0 Å². The van der Waals surface area contributed by atoms with Gasteiger partial charge in [0.2, 0.25) is 0 Å². The largest absolute Gasteiger partial charge is 0.310 e. The zero-order chi connectivity index (χ0) is 89.8. The average Bonchev–Trinajstić information content (AvgIpc) is 1.39. The Bertz CT molecular complexity index is 8470. The smallest absolute Gasteiger partial charge is 0.0785 e. The van der Waals surface area contributed by atoms with Crippen LogP contribution in [0, 0.1) is 0 Å². The fourth-order valence-corrected chi connectivity index (χ4v) is 25.1. The molecule has 3 aromatic heterocycles. The van der Waals surface area contributed by atoms with E-state index in [0.717, 1.165) is 28.4 Å². The Morgan fingerprint density at radius 2 is 0.485 bits per heavy atom. The molecule has 0 fully saturated rings. The van der Waals surface area contributed by atoms with Gasteiger partial charge < -0.3 is 33.3 Å². The molecule has 3 aliphatic heterocycles. The predicted molar refractivity (Wildman–Crippen MR) is 564 cm³/mol. The highest BCUT2D eigenvalue weighted by Gasteiger charge is 2.48. The monoisotopic (exact) mass is 1740 g/mol. The molecule has 22 aromatic rings. The minimum absolute atomic E-state index is 0.0280. The number of anilines is 12. The van der Waals surface area contributed by atoms with Crippen LogP contribution in [0.1, 0.15) is 99.9 Å². The summed E-state index contributed by atoms with van der Waals surface area (Å²) in [7, 11) is 0. The van der Waals surface area contributed by atoms with Crippen LogP contribution in [-0.2, 0) is 21.7 Å². The molecule has 6 heterocycles. The van der Waals surface area contributed by atoms with E-state index in [-0.39, 0.29) is 21.7 Å². The molecule has 0 spiro atoms. The van der Waals surface area contributed by atoms with Crippen LogP contribution in [0.15, 0.2) is 441 Å². The number of hydrogen-bond donors (Lipinski definition) is 0. The molecular weight excluding hydrogens is 1640 g/mol. The first-order valence-corrected chi connectivity index (χ1v) is 47.7. The van der Waals surface area contributed by atoms with Gasteiger partial charge in [0, 0.05) is 115 Å². The highest BCUT2D eigenvalue weighted by atomic mass is 32.2. The average molecular weight is 1740 g/mol. The van der Waals surface area contributed by atoms with Gasteiger partial charge in [-0.05, 0) is 218 Å². The molecule has 8 heteroatoms. The lowest BCUT2D eigenvalue weighted by Crippen LogP contribution is -2.32. The highest BCUT2D eigenvalue weighted by Crippen LogP contribution is 2.66. The number of aromatic nitrogens is 3. The van der Waals surface area contributed by atoms with Crippen molar-refractivity contribution < 1.29 is 0 Å². The molecule has 0 atom stereocenters. The third-order valence-electron chi connectivity index (χ3n) is 30.0. The van der Waals surface area contributed by atoms with Crippen molar-refractivity contribution in [1.82, 2.24) is 13.7 Å². The minimum atomic E-state index is -0.214. The molecule has 3 aliphatic carbocycles. The SMILES string of the molecule is CC1(C)c2ccccc2-c2c1ccc1c2C(C)(C)c2ccc(-n3c4ccccc4c4ccccc43)cc2N1c1ccccc1.CC1(C)c2ccccc2-c2c1ccc1c2N(c2ccccc2)c2ccc(-n3c4ccccc4c4ccccc43)cc2N1c1ccccc1.CC1(C)c2ccccc2-c2c1ccc1c2Sc2ccc(-n3c4ccccc4c4ccccc43)cc2N1c1ccccc1. The molecule has 0 radical (unpaired) electrons. The summed E-state index contributed by atoms with van der Waals surface area (Å²) in [4.78, 5) is 12.5. The van der Waals surface area contributed by atoms with Gasteiger partial charge in [0.1, 0.15) is 0 Å². The van der Waals surface area contributed by atoms with E-state index in [1.807, 2.05) is 11.8 Å². The Labute approximate surface area is 785 Å². The Hall–Kier alpha value is -15.9. The van der Waals surface area contributed by atoms with Crippen molar-refractivity contribution in [2.24, 2.45) is 0 Å². The van der Waals surface area contributed by atoms with Crippen molar-refractivity contribution >= 4 is 145 Å². The van der Waals surface area contributed by atoms with Gasteiger partial charge in [-0.2, -0.15) is 0 Å². The van der Waals surface area contributed by atoms with Gasteiger partial charge in [-0.3, -0.25) is 0 Å². The minimum Gasteiger partial charge on any atom is -0.310 e. The van der Waals surface area contributed by atoms with Gasteiger partial charge >= 0.3 is 0 Å². The molecule has 134 heavy (non-hydrogen) atoms. The standard InChI is InChI=1S/C45H33N3.C42H34N2.C39H28N2S/c1-45(2)36-22-12-9-21-35(36)43-37(45)26-28-41-44(43)48(31-17-7-4-8-18-31)40-27-25-32(29-42(40)46(41)30-15-5-3-6-16-30)47-38-23-13-10-19-33(38)34-20-11-14-24-39(34)47;1-41(2)32-19-11-8-18-31(32)39-34(41)24-25-37-40(39)42(3,4)33-23-22-28(26-38(33)43(37)27-14-6-5-7-15-27)44-35-20-12-9-16-29(35)30-17-10-13-21-36(30)44;1-39(2)30-17-9-6-16-29(30)37-31(39)21-22-34-38(37)42-36-23-20-26(24-35(36)40(34)25-12-4-3-5-13-25)41-32-18-10-7-14-27(32)28-15-8-11-19-33(28)41/h3-29H,1-2H3;5-26H,1-4H3;3-24H,1-2H3. The quantitative estimate of drug-likeness (QED) is 0.159. The topological polar surface area (TPSA) is 27.8 Å². The molecule has 28 rings (SSSR count). The summed E-state index contributed by atoms with van der Waals surface area (Å²) in [6.45, 7) is 19.0. The molecular formula is C126H95N7S. The second-order valence-electron chi connectivity index (χ2n) is 38.6. The van der Waals surface area contributed by atoms with E-state index in [4.69, 9.17) is 0 Å². The van der Waals surface area contributed by atoms with Gasteiger partial charge in [-0.1, -0.05) is 346 Å². The highest BCUT2D eigenvalue weighted by molar-refractivity contribution is 8.00. The van der Waals surface area contributed by atoms with Gasteiger partial charge in [0.05, 0.1) is 78.6 Å². The number of para-hydroxylation sites is 10. The van der Waals surface area contributed by atoms with Crippen molar-refractivity contribution in [2.75, 3.05) is 19.6 Å². The lowest BCUT2D eigenvalue weighted by Gasteiger charge is -2.43. The fourth-order valence-electron chi connectivity index (χ4n) is 23.9. The van der Waals surface area contributed by atoms with E-state index < -0.39 is 0 Å². The molecule has 0 unspecified atom stereocenters. The van der Waals surface area contributed by atoms with E-state index in [0.29, 0.717) is 0 Å². The number of fused-ring (bicyclic) bond motifs is 27. The molecule has 6 aliphatic rings. The lowest BCUT2D eigenvalue weighted by atomic mass is 9.70. The number of rotatable bonds is 7. The van der Waals surface area contributed by atoms with Crippen LogP contribution >= 0.6 is 11.8 Å². The van der Waals surface area contributed by atoms with E-state index in [2.05, 4.69) is 519 Å². The zero-order valence-corrected chi connectivity index (χ0v) is 76.8.